The standard InChI is InChI=1S/C18H22O4/c19-15(14-21-16-9-3-1-4-10-16)8-7-13-18(20)22-17-11-5-2-6-12-17/h1-6,9-12,15,18-20H,7-8,13-14H2. The van der Waals surface area contributed by atoms with Crippen LogP contribution in [0.15, 0.2) is 60.7 Å². The molecule has 0 saturated carbocycles. The van der Waals surface area contributed by atoms with E-state index >= 15 is 0 Å². The highest BCUT2D eigenvalue weighted by atomic mass is 16.6. The lowest BCUT2D eigenvalue weighted by Gasteiger charge is -2.15. The average Bonchev–Trinajstić information content (AvgIpc) is 2.55. The van der Waals surface area contributed by atoms with Gasteiger partial charge in [0, 0.05) is 6.42 Å². The lowest BCUT2D eigenvalue weighted by atomic mass is 10.1. The molecular formula is C18H22O4. The van der Waals surface area contributed by atoms with Crippen molar-refractivity contribution in [2.75, 3.05) is 6.61 Å². The molecule has 0 aromatic heterocycles. The molecule has 0 radical (unpaired) electrons. The Morgan fingerprint density at radius 3 is 2.00 bits per heavy atom. The Hall–Kier alpha value is -2.04. The van der Waals surface area contributed by atoms with Crippen LogP contribution in [-0.4, -0.2) is 29.2 Å². The van der Waals surface area contributed by atoms with Crippen LogP contribution in [0.3, 0.4) is 0 Å². The number of rotatable bonds is 9. The first-order chi connectivity index (χ1) is 10.7. The van der Waals surface area contributed by atoms with Crippen LogP contribution in [0, 0.1) is 0 Å². The summed E-state index contributed by atoms with van der Waals surface area (Å²) in [5, 5.41) is 19.7. The van der Waals surface area contributed by atoms with Gasteiger partial charge in [-0.25, -0.2) is 0 Å². The van der Waals surface area contributed by atoms with E-state index in [0.29, 0.717) is 25.0 Å². The molecular weight excluding hydrogens is 280 g/mol. The molecule has 0 fully saturated rings. The van der Waals surface area contributed by atoms with Crippen molar-refractivity contribution in [3.8, 4) is 11.5 Å². The minimum Gasteiger partial charge on any atom is -0.491 e. The molecule has 118 valence electrons. The van der Waals surface area contributed by atoms with E-state index in [1.165, 1.54) is 0 Å². The lowest BCUT2D eigenvalue weighted by Crippen LogP contribution is -2.20. The molecule has 2 rings (SSSR count). The molecule has 0 bridgehead atoms. The van der Waals surface area contributed by atoms with E-state index in [-0.39, 0.29) is 6.61 Å². The van der Waals surface area contributed by atoms with Crippen LogP contribution in [0.1, 0.15) is 19.3 Å². The highest BCUT2D eigenvalue weighted by Crippen LogP contribution is 2.14. The molecule has 2 atom stereocenters. The minimum absolute atomic E-state index is 0.250. The maximum Gasteiger partial charge on any atom is 0.197 e. The highest BCUT2D eigenvalue weighted by molar-refractivity contribution is 5.21. The summed E-state index contributed by atoms with van der Waals surface area (Å²) in [6.45, 7) is 0.250. The fraction of sp³-hybridized carbons (Fsp3) is 0.333. The second-order valence-electron chi connectivity index (χ2n) is 5.09. The Kier molecular flexibility index (Phi) is 6.74. The highest BCUT2D eigenvalue weighted by Gasteiger charge is 2.09. The molecule has 0 amide bonds. The summed E-state index contributed by atoms with van der Waals surface area (Å²) in [6, 6.07) is 18.6. The topological polar surface area (TPSA) is 58.9 Å². The third-order valence-corrected chi connectivity index (χ3v) is 3.19. The van der Waals surface area contributed by atoms with Gasteiger partial charge in [-0.3, -0.25) is 0 Å². The molecule has 2 aromatic rings. The largest absolute Gasteiger partial charge is 0.491 e. The second kappa shape index (κ2) is 9.07. The summed E-state index contributed by atoms with van der Waals surface area (Å²) in [7, 11) is 0. The number of hydrogen-bond donors (Lipinski definition) is 2. The Morgan fingerprint density at radius 1 is 0.773 bits per heavy atom. The van der Waals surface area contributed by atoms with Crippen molar-refractivity contribution in [2.45, 2.75) is 31.7 Å². The van der Waals surface area contributed by atoms with E-state index in [0.717, 1.165) is 5.75 Å². The van der Waals surface area contributed by atoms with E-state index in [9.17, 15) is 10.2 Å². The maximum atomic E-state index is 9.87. The van der Waals surface area contributed by atoms with Crippen molar-refractivity contribution >= 4 is 0 Å². The monoisotopic (exact) mass is 302 g/mol. The molecule has 0 aliphatic heterocycles. The van der Waals surface area contributed by atoms with Gasteiger partial charge in [0.15, 0.2) is 6.29 Å². The average molecular weight is 302 g/mol. The third kappa shape index (κ3) is 6.16. The van der Waals surface area contributed by atoms with Gasteiger partial charge in [0.1, 0.15) is 18.1 Å². The number of para-hydroxylation sites is 2. The van der Waals surface area contributed by atoms with Gasteiger partial charge in [0.05, 0.1) is 6.10 Å². The second-order valence-corrected chi connectivity index (χ2v) is 5.09. The van der Waals surface area contributed by atoms with Gasteiger partial charge in [0.25, 0.3) is 0 Å². The molecule has 2 unspecified atom stereocenters. The summed E-state index contributed by atoms with van der Waals surface area (Å²) in [5.41, 5.74) is 0. The summed E-state index contributed by atoms with van der Waals surface area (Å²) < 4.78 is 10.8. The van der Waals surface area contributed by atoms with Crippen molar-refractivity contribution in [3.05, 3.63) is 60.7 Å². The predicted molar refractivity (Wildman–Crippen MR) is 84.9 cm³/mol. The maximum absolute atomic E-state index is 9.87. The van der Waals surface area contributed by atoms with Crippen LogP contribution < -0.4 is 9.47 Å². The van der Waals surface area contributed by atoms with E-state index < -0.39 is 12.4 Å². The fourth-order valence-corrected chi connectivity index (χ4v) is 2.04. The summed E-state index contributed by atoms with van der Waals surface area (Å²) in [6.07, 6.45) is 0.279. The third-order valence-electron chi connectivity index (χ3n) is 3.19. The summed E-state index contributed by atoms with van der Waals surface area (Å²) in [4.78, 5) is 0. The van der Waals surface area contributed by atoms with E-state index in [2.05, 4.69) is 0 Å². The first-order valence-electron chi connectivity index (χ1n) is 7.50. The van der Waals surface area contributed by atoms with E-state index in [1.54, 1.807) is 12.1 Å². The van der Waals surface area contributed by atoms with Gasteiger partial charge in [-0.1, -0.05) is 36.4 Å². The van der Waals surface area contributed by atoms with Gasteiger partial charge in [-0.2, -0.15) is 0 Å². The van der Waals surface area contributed by atoms with E-state index in [1.807, 2.05) is 48.5 Å². The van der Waals surface area contributed by atoms with Crippen molar-refractivity contribution in [2.24, 2.45) is 0 Å². The zero-order valence-corrected chi connectivity index (χ0v) is 12.5. The van der Waals surface area contributed by atoms with Gasteiger partial charge >= 0.3 is 0 Å². The molecule has 0 heterocycles. The Morgan fingerprint density at radius 2 is 1.36 bits per heavy atom. The summed E-state index contributed by atoms with van der Waals surface area (Å²) in [5.74, 6) is 1.39. The van der Waals surface area contributed by atoms with Crippen molar-refractivity contribution < 1.29 is 19.7 Å². The first kappa shape index (κ1) is 16.3. The fourth-order valence-electron chi connectivity index (χ4n) is 2.04. The van der Waals surface area contributed by atoms with Crippen LogP contribution in [0.25, 0.3) is 0 Å². The number of benzene rings is 2. The zero-order valence-electron chi connectivity index (χ0n) is 12.5. The van der Waals surface area contributed by atoms with Crippen LogP contribution in [0.5, 0.6) is 11.5 Å². The molecule has 2 aromatic carbocycles. The van der Waals surface area contributed by atoms with Gasteiger partial charge in [0.2, 0.25) is 0 Å². The molecule has 0 aliphatic carbocycles. The van der Waals surface area contributed by atoms with Crippen molar-refractivity contribution in [1.82, 2.24) is 0 Å². The van der Waals surface area contributed by atoms with Crippen molar-refractivity contribution in [3.63, 3.8) is 0 Å². The normalized spacial score (nSPS) is 13.4. The lowest BCUT2D eigenvalue weighted by molar-refractivity contribution is -0.0271. The molecule has 0 spiro atoms. The molecule has 2 N–H and O–H groups in total. The smallest absolute Gasteiger partial charge is 0.197 e. The van der Waals surface area contributed by atoms with Crippen LogP contribution in [0.2, 0.25) is 0 Å². The molecule has 0 saturated heterocycles. The van der Waals surface area contributed by atoms with Crippen LogP contribution in [0.4, 0.5) is 0 Å². The van der Waals surface area contributed by atoms with Crippen molar-refractivity contribution in [1.29, 1.82) is 0 Å². The molecule has 4 nitrogen and oxygen atoms in total. The Bertz CT molecular complexity index is 515. The quantitative estimate of drug-likeness (QED) is 0.699. The van der Waals surface area contributed by atoms with Gasteiger partial charge < -0.3 is 19.7 Å². The van der Waals surface area contributed by atoms with E-state index in [4.69, 9.17) is 9.47 Å². The van der Waals surface area contributed by atoms with Crippen LogP contribution in [-0.2, 0) is 0 Å². The number of aliphatic hydroxyl groups excluding tert-OH is 2. The van der Waals surface area contributed by atoms with Gasteiger partial charge in [-0.15, -0.1) is 0 Å². The first-order valence-corrected chi connectivity index (χ1v) is 7.50. The number of hydrogen-bond acceptors (Lipinski definition) is 4. The summed E-state index contributed by atoms with van der Waals surface area (Å²) >= 11 is 0. The number of aliphatic hydroxyl groups is 2. The Labute approximate surface area is 130 Å². The predicted octanol–water partition coefficient (Wildman–Crippen LogP) is 2.99. The Balaban J connectivity index is 1.59. The zero-order chi connectivity index (χ0) is 15.6. The molecule has 22 heavy (non-hydrogen) atoms. The van der Waals surface area contributed by atoms with Crippen LogP contribution >= 0.6 is 0 Å². The SMILES string of the molecule is OC(CCCC(O)Oc1ccccc1)COc1ccccc1. The van der Waals surface area contributed by atoms with Gasteiger partial charge in [-0.05, 0) is 37.1 Å². The minimum atomic E-state index is -0.857. The number of ether oxygens (including phenoxy) is 2. The molecule has 0 aliphatic rings. The molecule has 4 heteroatoms.